The van der Waals surface area contributed by atoms with Crippen LogP contribution in [-0.4, -0.2) is 246 Å². The minimum atomic E-state index is -2.45. The Balaban J connectivity index is 1.05. The number of halogens is 2. The SMILES string of the molecule is CC(C)CCCCCCCC(=O)N[C@H]1C(Oc2c3cc4cc2Oc2ccc(cc2Cl)[C@@H](O)[C@@H]2NC(=O)[C@H](NC(=O)[C@@H]4NC(=O)[C@H]4NC(=O)[C@@H](Cc5ccc(cc5)O3)NC(=O)[C@@H](N(C)C)c3ccc(O)c(c3)Oc3cc(O)c(Cl)c4c3)c3ccc(O)c(c3)-c3c(O[C@H]4O[C@H](CO)[C@@H](O)[C@H](O)[C@@H]4O)cc(O)cc3[C@H](C(=O)NCCCN(C)C)NC2=O)O[C@H](C(=O)O)[C@@H](O)[C@@H]1O. The molecule has 2 fully saturated rings. The van der Waals surface area contributed by atoms with Crippen molar-refractivity contribution in [2.24, 2.45) is 5.92 Å². The number of rotatable bonds is 21. The van der Waals surface area contributed by atoms with Crippen molar-refractivity contribution in [2.45, 2.75) is 181 Å². The van der Waals surface area contributed by atoms with Crippen molar-refractivity contribution in [3.63, 3.8) is 0 Å². The maximum Gasteiger partial charge on any atom is 0.335 e. The number of nitrogens with zero attached hydrogens (tertiary/aromatic N) is 2. The number of amides is 8. The highest BCUT2D eigenvalue weighted by Crippen LogP contribution is 2.51. The number of aliphatic hydroxyl groups excluding tert-OH is 7. The largest absolute Gasteiger partial charge is 0.508 e. The molecule has 17 bridgehead atoms. The monoisotopic (exact) mass is 1810 g/mol. The second kappa shape index (κ2) is 40.2. The summed E-state index contributed by atoms with van der Waals surface area (Å²) in [6.45, 7) is 3.56. The van der Waals surface area contributed by atoms with E-state index in [-0.39, 0.29) is 47.8 Å². The van der Waals surface area contributed by atoms with E-state index in [0.29, 0.717) is 30.9 Å². The van der Waals surface area contributed by atoms with E-state index in [1.807, 2.05) is 0 Å². The second-order valence-corrected chi connectivity index (χ2v) is 33.8. The third-order valence-electron chi connectivity index (χ3n) is 22.7. The number of carbonyl (C=O) groups excluding carboxylic acids is 8. The number of aliphatic carboxylic acids is 1. The summed E-state index contributed by atoms with van der Waals surface area (Å²) in [4.78, 5) is 142. The van der Waals surface area contributed by atoms with Gasteiger partial charge in [0.15, 0.2) is 29.1 Å². The molecule has 20 N–H and O–H groups in total. The molecule has 0 saturated carbocycles. The van der Waals surface area contributed by atoms with Crippen molar-refractivity contribution < 1.29 is 138 Å². The van der Waals surface area contributed by atoms with Gasteiger partial charge in [0.2, 0.25) is 65.6 Å². The van der Waals surface area contributed by atoms with Gasteiger partial charge in [0.25, 0.3) is 0 Å². The van der Waals surface area contributed by atoms with Crippen LogP contribution >= 0.6 is 23.2 Å². The van der Waals surface area contributed by atoms with Crippen molar-refractivity contribution in [1.82, 2.24) is 52.3 Å². The number of benzene rings is 7. The summed E-state index contributed by atoms with van der Waals surface area (Å²) >= 11 is 14.3. The molecule has 8 aliphatic heterocycles. The highest BCUT2D eigenvalue weighted by atomic mass is 35.5. The summed E-state index contributed by atoms with van der Waals surface area (Å²) in [6, 6.07) is 5.86. The zero-order valence-electron chi connectivity index (χ0n) is 70.0. The predicted molar refractivity (Wildman–Crippen MR) is 452 cm³/mol. The first kappa shape index (κ1) is 93.7. The van der Waals surface area contributed by atoms with E-state index in [1.54, 1.807) is 33.1 Å². The molecule has 1 unspecified atom stereocenters. The topological polar surface area (TPSA) is 564 Å². The number of phenols is 4. The van der Waals surface area contributed by atoms with Crippen LogP contribution in [0, 0.1) is 5.92 Å². The number of hydrogen-bond donors (Lipinski definition) is 20. The first-order chi connectivity index (χ1) is 60.9. The molecule has 8 amide bonds. The van der Waals surface area contributed by atoms with Gasteiger partial charge in [-0.15, -0.1) is 0 Å². The molecule has 2 saturated heterocycles. The van der Waals surface area contributed by atoms with Crippen LogP contribution in [0.15, 0.2) is 115 Å². The zero-order valence-corrected chi connectivity index (χ0v) is 71.5. The lowest BCUT2D eigenvalue weighted by atomic mass is 9.89. The third kappa shape index (κ3) is 20.9. The van der Waals surface area contributed by atoms with Crippen LogP contribution in [0.1, 0.15) is 140 Å². The third-order valence-corrected chi connectivity index (χ3v) is 23.4. The summed E-state index contributed by atoms with van der Waals surface area (Å²) in [5.41, 5.74) is -2.63. The van der Waals surface area contributed by atoms with Gasteiger partial charge in [-0.2, -0.15) is 0 Å². The van der Waals surface area contributed by atoms with Gasteiger partial charge >= 0.3 is 5.97 Å². The van der Waals surface area contributed by atoms with Gasteiger partial charge in [-0.05, 0) is 160 Å². The number of unbranched alkanes of at least 4 members (excludes halogenated alkanes) is 4. The number of ether oxygens (including phenoxy) is 7. The molecule has 684 valence electrons. The van der Waals surface area contributed by atoms with Gasteiger partial charge in [0.05, 0.1) is 16.7 Å². The van der Waals surface area contributed by atoms with Crippen LogP contribution in [0.4, 0.5) is 0 Å². The van der Waals surface area contributed by atoms with Gasteiger partial charge in [0, 0.05) is 48.2 Å². The quantitative estimate of drug-likeness (QED) is 0.0450. The highest BCUT2D eigenvalue weighted by molar-refractivity contribution is 6.33. The average Bonchev–Trinajstić information content (AvgIpc) is 0.754. The highest BCUT2D eigenvalue weighted by Gasteiger charge is 2.52. The van der Waals surface area contributed by atoms with Crippen LogP contribution in [0.5, 0.6) is 69.0 Å². The van der Waals surface area contributed by atoms with Crippen molar-refractivity contribution in [3.05, 3.63) is 164 Å². The number of phenolic OH excluding ortho intramolecular Hbond substituents is 4. The van der Waals surface area contributed by atoms with E-state index in [1.165, 1.54) is 47.4 Å². The smallest absolute Gasteiger partial charge is 0.335 e. The van der Waals surface area contributed by atoms with Gasteiger partial charge < -0.3 is 142 Å². The Labute approximate surface area is 742 Å². The molecule has 8 aliphatic rings. The van der Waals surface area contributed by atoms with Gasteiger partial charge in [-0.25, -0.2) is 4.79 Å². The first-order valence-corrected chi connectivity index (χ1v) is 42.1. The first-order valence-electron chi connectivity index (χ1n) is 41.4. The number of fused-ring (bicyclic) bond motifs is 14. The number of aliphatic hydroxyl groups is 7. The second-order valence-electron chi connectivity index (χ2n) is 33.0. The van der Waals surface area contributed by atoms with E-state index in [2.05, 4.69) is 56.4 Å². The van der Waals surface area contributed by atoms with Gasteiger partial charge in [0.1, 0.15) is 131 Å². The molecule has 7 aromatic carbocycles. The Morgan fingerprint density at radius 1 is 0.555 bits per heavy atom. The molecule has 0 radical (unpaired) electrons. The Morgan fingerprint density at radius 3 is 1.90 bits per heavy atom. The van der Waals surface area contributed by atoms with E-state index < -0.39 is 271 Å². The fourth-order valence-electron chi connectivity index (χ4n) is 16.0. The van der Waals surface area contributed by atoms with E-state index in [0.717, 1.165) is 98.5 Å². The minimum absolute atomic E-state index is 0.0943. The average molecular weight is 1820 g/mol. The number of likely N-dealkylation sites (N-methyl/N-ethyl adjacent to an activating group) is 1. The van der Waals surface area contributed by atoms with Crippen molar-refractivity contribution in [2.75, 3.05) is 47.9 Å². The molecule has 0 spiro atoms. The van der Waals surface area contributed by atoms with Crippen LogP contribution in [-0.2, 0) is 59.0 Å². The lowest BCUT2D eigenvalue weighted by Crippen LogP contribution is -2.66. The molecule has 0 aromatic heterocycles. The number of nitrogens with one attached hydrogen (secondary N) is 8. The fourth-order valence-corrected chi connectivity index (χ4v) is 16.4. The van der Waals surface area contributed by atoms with Crippen LogP contribution in [0.3, 0.4) is 0 Å². The summed E-state index contributed by atoms with van der Waals surface area (Å²) in [7, 11) is 6.63. The number of carboxylic acid groups (broad SMARTS) is 1. The molecule has 18 atom stereocenters. The van der Waals surface area contributed by atoms with Crippen LogP contribution in [0.2, 0.25) is 10.0 Å². The predicted octanol–water partition coefficient (Wildman–Crippen LogP) is 4.12. The number of carboxylic acids is 1. The molecular weight excluding hydrogens is 1720 g/mol. The van der Waals surface area contributed by atoms with Crippen LogP contribution < -0.4 is 66.2 Å². The Hall–Kier alpha value is -11.9. The van der Waals surface area contributed by atoms with Gasteiger partial charge in [-0.3, -0.25) is 43.3 Å². The van der Waals surface area contributed by atoms with Crippen molar-refractivity contribution in [3.8, 4) is 80.1 Å². The van der Waals surface area contributed by atoms with E-state index in [9.17, 15) is 70.9 Å². The Morgan fingerprint density at radius 2 is 1.20 bits per heavy atom. The Bertz CT molecular complexity index is 5360. The molecule has 40 heteroatoms. The lowest BCUT2D eigenvalue weighted by Gasteiger charge is -2.41. The standard InChI is InChI=1S/C88H100Cl2N10O28/c1-38(2)13-10-8-7-9-11-14-61(106)93-69-73(109)75(111)78(86(120)121)128-87(69)127-77-58-31-43-32-59(77)124-55-24-19-42(29-50(55)89)71(107)68-84(118)97-66(80(114)91-25-12-26-99(3)4)48-33-44(102)34-57(125-88-76(112)74(110)72(108)60(37-101)126-88)62(48)47-28-40(17-22-52(47)103)64(81(115)98-68)94-82(116)65(43)95-83(117)67-49-35-46(36-54(105)63(49)90)123-56-30-41(18-23-53(56)104)70(100(5)6)85(119)92-51(79(113)96-67)27-39-15-20-45(122-58)21-16-39/h15-24,28-36,38,51,60,64-76,78,87-88,101-105,107-112H,7-14,25-27,37H2,1-6H3,(H,91,114)(H,92,119)(H,93,106)(H,94,116)(H,95,117)(H,96,113)(H,97,118)(H,98,115)(H,120,121)/t51-,60-,64-,65-,66-,67+,68+,69-,70+,71-,72-,73-,74+,75+,76+,78+,87?,88+/m1/s1. The minimum Gasteiger partial charge on any atom is -0.508 e. The lowest BCUT2D eigenvalue weighted by molar-refractivity contribution is -0.277. The number of carbonyl (C=O) groups is 9. The maximum absolute atomic E-state index is 16.8. The maximum atomic E-state index is 16.8. The zero-order chi connectivity index (χ0) is 92.1. The summed E-state index contributed by atoms with van der Waals surface area (Å²) in [6.07, 6.45) is -16.9. The van der Waals surface area contributed by atoms with Gasteiger partial charge in [-0.1, -0.05) is 99.5 Å². The van der Waals surface area contributed by atoms with Crippen LogP contribution in [0.25, 0.3) is 11.1 Å². The summed E-state index contributed by atoms with van der Waals surface area (Å²) < 4.78 is 44.5. The van der Waals surface area contributed by atoms with Crippen molar-refractivity contribution >= 4 is 76.4 Å². The molecule has 128 heavy (non-hydrogen) atoms. The molecule has 15 rings (SSSR count). The molecule has 8 heterocycles. The summed E-state index contributed by atoms with van der Waals surface area (Å²) in [5, 5.41) is 158. The molecule has 7 aromatic rings. The van der Waals surface area contributed by atoms with E-state index >= 15 is 33.6 Å². The molecular formula is C88H100Cl2N10O28. The molecule has 0 aliphatic carbocycles. The number of aromatic hydroxyl groups is 4. The fraction of sp³-hybridized carbons (Fsp3) is 0.420. The Kier molecular flexibility index (Phi) is 29.4. The van der Waals surface area contributed by atoms with E-state index in [4.69, 9.17) is 56.4 Å². The molecule has 38 nitrogen and oxygen atoms in total. The normalized spacial score (nSPS) is 25.9. The number of hydrogen-bond acceptors (Lipinski definition) is 29. The summed E-state index contributed by atoms with van der Waals surface area (Å²) in [5.74, 6) is -17.4. The van der Waals surface area contributed by atoms with Crippen molar-refractivity contribution in [1.29, 1.82) is 0 Å².